The van der Waals surface area contributed by atoms with Crippen LogP contribution in [0.1, 0.15) is 79.1 Å². The number of ether oxygens (including phenoxy) is 1. The molecule has 0 radical (unpaired) electrons. The van der Waals surface area contributed by atoms with Gasteiger partial charge in [0.2, 0.25) is 0 Å². The summed E-state index contributed by atoms with van der Waals surface area (Å²) in [7, 11) is 0. The molecule has 5 atom stereocenters. The Morgan fingerprint density at radius 2 is 1.80 bits per heavy atom. The number of nitrogens with two attached hydrogens (primary N) is 1. The largest absolute Gasteiger partial charge is 0.373 e. The molecule has 0 aromatic rings. The molecule has 0 aliphatic heterocycles. The summed E-state index contributed by atoms with van der Waals surface area (Å²) in [5, 5.41) is 0. The zero-order valence-corrected chi connectivity index (χ0v) is 14.0. The molecule has 0 amide bonds. The molecule has 2 N–H and O–H groups in total. The van der Waals surface area contributed by atoms with Crippen molar-refractivity contribution in [2.75, 3.05) is 0 Å². The third kappa shape index (κ3) is 4.21. The minimum Gasteiger partial charge on any atom is -0.373 e. The molecule has 20 heavy (non-hydrogen) atoms. The standard InChI is InChI=1S/C18H35NO/c1-5-13-7-6-8-15(11-13)20-17-12-14(18(2,3)4)9-10-16(17)19/h13-17H,5-12,19H2,1-4H3. The molecule has 2 aliphatic rings. The lowest BCUT2D eigenvalue weighted by Crippen LogP contribution is -2.46. The van der Waals surface area contributed by atoms with Gasteiger partial charge in [0.1, 0.15) is 0 Å². The molecule has 2 rings (SSSR count). The summed E-state index contributed by atoms with van der Waals surface area (Å²) in [5.74, 6) is 1.64. The number of hydrogen-bond donors (Lipinski definition) is 1. The second-order valence-corrected chi connectivity index (χ2v) is 8.28. The Balaban J connectivity index is 1.89. The zero-order chi connectivity index (χ0) is 14.8. The second-order valence-electron chi connectivity index (χ2n) is 8.28. The molecular weight excluding hydrogens is 246 g/mol. The molecule has 118 valence electrons. The molecule has 2 saturated carbocycles. The molecule has 0 bridgehead atoms. The Labute approximate surface area is 125 Å². The topological polar surface area (TPSA) is 35.2 Å². The van der Waals surface area contributed by atoms with E-state index in [2.05, 4.69) is 27.7 Å². The smallest absolute Gasteiger partial charge is 0.0732 e. The normalized spacial score (nSPS) is 39.8. The minimum absolute atomic E-state index is 0.260. The van der Waals surface area contributed by atoms with Gasteiger partial charge in [-0.1, -0.05) is 47.0 Å². The van der Waals surface area contributed by atoms with E-state index in [1.165, 1.54) is 38.5 Å². The van der Waals surface area contributed by atoms with E-state index < -0.39 is 0 Å². The predicted octanol–water partition coefficient (Wildman–Crippen LogP) is 4.51. The van der Waals surface area contributed by atoms with E-state index in [4.69, 9.17) is 10.5 Å². The first-order chi connectivity index (χ1) is 9.40. The van der Waals surface area contributed by atoms with Crippen LogP contribution in [0.3, 0.4) is 0 Å². The molecule has 0 spiro atoms. The van der Waals surface area contributed by atoms with Gasteiger partial charge in [0.05, 0.1) is 12.2 Å². The van der Waals surface area contributed by atoms with E-state index in [-0.39, 0.29) is 6.04 Å². The van der Waals surface area contributed by atoms with Crippen molar-refractivity contribution in [3.05, 3.63) is 0 Å². The van der Waals surface area contributed by atoms with Gasteiger partial charge in [-0.25, -0.2) is 0 Å². The van der Waals surface area contributed by atoms with E-state index in [1.807, 2.05) is 0 Å². The van der Waals surface area contributed by atoms with E-state index in [0.29, 0.717) is 17.6 Å². The fourth-order valence-corrected chi connectivity index (χ4v) is 4.08. The number of hydrogen-bond acceptors (Lipinski definition) is 2. The van der Waals surface area contributed by atoms with Crippen molar-refractivity contribution in [1.82, 2.24) is 0 Å². The Morgan fingerprint density at radius 3 is 2.45 bits per heavy atom. The van der Waals surface area contributed by atoms with Crippen LogP contribution in [-0.4, -0.2) is 18.2 Å². The van der Waals surface area contributed by atoms with Crippen molar-refractivity contribution in [3.63, 3.8) is 0 Å². The van der Waals surface area contributed by atoms with Gasteiger partial charge in [-0.15, -0.1) is 0 Å². The molecule has 0 heterocycles. The lowest BCUT2D eigenvalue weighted by Gasteiger charge is -2.42. The van der Waals surface area contributed by atoms with Crippen LogP contribution < -0.4 is 5.73 Å². The fourth-order valence-electron chi connectivity index (χ4n) is 4.08. The van der Waals surface area contributed by atoms with Crippen molar-refractivity contribution in [2.24, 2.45) is 23.0 Å². The Kier molecular flexibility index (Phi) is 5.53. The lowest BCUT2D eigenvalue weighted by atomic mass is 9.70. The van der Waals surface area contributed by atoms with Crippen LogP contribution >= 0.6 is 0 Å². The third-order valence-electron chi connectivity index (χ3n) is 5.75. The lowest BCUT2D eigenvalue weighted by molar-refractivity contribution is -0.0806. The number of rotatable bonds is 3. The van der Waals surface area contributed by atoms with Crippen LogP contribution in [0.5, 0.6) is 0 Å². The quantitative estimate of drug-likeness (QED) is 0.826. The van der Waals surface area contributed by atoms with Crippen molar-refractivity contribution in [2.45, 2.75) is 97.3 Å². The predicted molar refractivity (Wildman–Crippen MR) is 85.7 cm³/mol. The third-order valence-corrected chi connectivity index (χ3v) is 5.75. The van der Waals surface area contributed by atoms with Crippen molar-refractivity contribution < 1.29 is 4.74 Å². The molecule has 2 aliphatic carbocycles. The maximum absolute atomic E-state index is 6.48. The summed E-state index contributed by atoms with van der Waals surface area (Å²) < 4.78 is 6.48. The summed E-state index contributed by atoms with van der Waals surface area (Å²) in [6.07, 6.45) is 10.9. The molecule has 0 saturated heterocycles. The van der Waals surface area contributed by atoms with E-state index in [0.717, 1.165) is 24.7 Å². The van der Waals surface area contributed by atoms with Crippen LogP contribution in [0.2, 0.25) is 0 Å². The van der Waals surface area contributed by atoms with Gasteiger partial charge in [0.25, 0.3) is 0 Å². The van der Waals surface area contributed by atoms with Gasteiger partial charge in [-0.05, 0) is 49.4 Å². The van der Waals surface area contributed by atoms with Gasteiger partial charge in [-0.3, -0.25) is 0 Å². The molecule has 0 aromatic heterocycles. The highest BCUT2D eigenvalue weighted by molar-refractivity contribution is 4.89. The van der Waals surface area contributed by atoms with Gasteiger partial charge in [-0.2, -0.15) is 0 Å². The average molecular weight is 281 g/mol. The van der Waals surface area contributed by atoms with Crippen LogP contribution in [0, 0.1) is 17.3 Å². The van der Waals surface area contributed by atoms with Crippen LogP contribution in [0.15, 0.2) is 0 Å². The highest BCUT2D eigenvalue weighted by Crippen LogP contribution is 2.39. The molecule has 5 unspecified atom stereocenters. The van der Waals surface area contributed by atoms with Gasteiger partial charge in [0.15, 0.2) is 0 Å². The van der Waals surface area contributed by atoms with E-state index in [1.54, 1.807) is 0 Å². The first kappa shape index (κ1) is 16.3. The van der Waals surface area contributed by atoms with Crippen LogP contribution in [0.25, 0.3) is 0 Å². The van der Waals surface area contributed by atoms with Gasteiger partial charge < -0.3 is 10.5 Å². The van der Waals surface area contributed by atoms with E-state index in [9.17, 15) is 0 Å². The second kappa shape index (κ2) is 6.79. The molecule has 0 aromatic carbocycles. The van der Waals surface area contributed by atoms with Crippen molar-refractivity contribution >= 4 is 0 Å². The Bertz CT molecular complexity index is 296. The highest BCUT2D eigenvalue weighted by atomic mass is 16.5. The average Bonchev–Trinajstić information content (AvgIpc) is 2.40. The molecule has 2 heteroatoms. The van der Waals surface area contributed by atoms with Crippen LogP contribution in [0.4, 0.5) is 0 Å². The van der Waals surface area contributed by atoms with Crippen molar-refractivity contribution in [1.29, 1.82) is 0 Å². The van der Waals surface area contributed by atoms with Crippen LogP contribution in [-0.2, 0) is 4.74 Å². The maximum Gasteiger partial charge on any atom is 0.0732 e. The Hall–Kier alpha value is -0.0800. The van der Waals surface area contributed by atoms with E-state index >= 15 is 0 Å². The summed E-state index contributed by atoms with van der Waals surface area (Å²) in [4.78, 5) is 0. The van der Waals surface area contributed by atoms with Gasteiger partial charge >= 0.3 is 0 Å². The van der Waals surface area contributed by atoms with Crippen molar-refractivity contribution in [3.8, 4) is 0 Å². The zero-order valence-electron chi connectivity index (χ0n) is 14.0. The molecular formula is C18H35NO. The monoisotopic (exact) mass is 281 g/mol. The molecule has 2 fully saturated rings. The fraction of sp³-hybridized carbons (Fsp3) is 1.00. The highest BCUT2D eigenvalue weighted by Gasteiger charge is 2.36. The summed E-state index contributed by atoms with van der Waals surface area (Å²) in [6.45, 7) is 9.40. The summed E-state index contributed by atoms with van der Waals surface area (Å²) >= 11 is 0. The Morgan fingerprint density at radius 1 is 1.05 bits per heavy atom. The SMILES string of the molecule is CCC1CCCC(OC2CC(C(C)(C)C)CCC2N)C1. The first-order valence-corrected chi connectivity index (χ1v) is 8.81. The summed E-state index contributed by atoms with van der Waals surface area (Å²) in [6, 6.07) is 0.260. The summed E-state index contributed by atoms with van der Waals surface area (Å²) in [5.41, 5.74) is 6.73. The molecule has 2 nitrogen and oxygen atoms in total. The minimum atomic E-state index is 0.260. The van der Waals surface area contributed by atoms with Gasteiger partial charge in [0, 0.05) is 6.04 Å². The maximum atomic E-state index is 6.48. The first-order valence-electron chi connectivity index (χ1n) is 8.81.